The van der Waals surface area contributed by atoms with Gasteiger partial charge in [-0.15, -0.1) is 20.4 Å². The van der Waals surface area contributed by atoms with E-state index in [1.807, 2.05) is 12.1 Å². The van der Waals surface area contributed by atoms with Gasteiger partial charge in [0.15, 0.2) is 10.0 Å². The first kappa shape index (κ1) is 40.1. The normalized spacial score (nSPS) is 15.1. The van der Waals surface area contributed by atoms with Crippen molar-refractivity contribution >= 4 is 22.7 Å². The standard InChI is InChI=1S/C59H44N6S2/c1-57(2)43-15-9-7-13-37(43)39-25-21-33(29-45(39)57)49-17-11-19-51(60-49)55-64-62-53(66-55)35-23-27-41-42-28-24-36(32-48(42)59(5,6)47(41)31-35)54-63-65-56(67-54)52-20-12-18-50(61-52)34-22-26-40-38-14-8-10-16-44(38)58(3,4)46(40)30-34/h7-32H,1-6H3. The van der Waals surface area contributed by atoms with Crippen LogP contribution in [0.2, 0.25) is 0 Å². The lowest BCUT2D eigenvalue weighted by Gasteiger charge is -2.22. The van der Waals surface area contributed by atoms with E-state index in [-0.39, 0.29) is 16.2 Å². The lowest BCUT2D eigenvalue weighted by molar-refractivity contribution is 0.660. The first-order valence-corrected chi connectivity index (χ1v) is 24.5. The Kier molecular flexibility index (Phi) is 8.59. The summed E-state index contributed by atoms with van der Waals surface area (Å²) in [6.45, 7) is 13.9. The van der Waals surface area contributed by atoms with Crippen molar-refractivity contribution in [2.45, 2.75) is 57.8 Å². The second kappa shape index (κ2) is 14.4. The van der Waals surface area contributed by atoms with Crippen LogP contribution in [0, 0.1) is 0 Å². The van der Waals surface area contributed by atoms with Gasteiger partial charge >= 0.3 is 0 Å². The average molecular weight is 901 g/mol. The first-order chi connectivity index (χ1) is 32.4. The van der Waals surface area contributed by atoms with Crippen molar-refractivity contribution < 1.29 is 0 Å². The average Bonchev–Trinajstić information content (AvgIpc) is 4.18. The summed E-state index contributed by atoms with van der Waals surface area (Å²) < 4.78 is 0. The maximum Gasteiger partial charge on any atom is 0.166 e. The smallest absolute Gasteiger partial charge is 0.166 e. The molecule has 0 N–H and O–H groups in total. The van der Waals surface area contributed by atoms with Crippen molar-refractivity contribution in [2.75, 3.05) is 0 Å². The highest BCUT2D eigenvalue weighted by atomic mass is 32.1. The molecule has 4 aromatic heterocycles. The molecule has 0 amide bonds. The maximum atomic E-state index is 5.14. The van der Waals surface area contributed by atoms with Crippen molar-refractivity contribution in [2.24, 2.45) is 0 Å². The van der Waals surface area contributed by atoms with Gasteiger partial charge in [0.25, 0.3) is 0 Å². The zero-order valence-corrected chi connectivity index (χ0v) is 39.6. The van der Waals surface area contributed by atoms with Gasteiger partial charge in [-0.1, -0.05) is 173 Å². The number of pyridine rings is 2. The Hall–Kier alpha value is -7.26. The summed E-state index contributed by atoms with van der Waals surface area (Å²) in [5.74, 6) is 0. The zero-order valence-electron chi connectivity index (χ0n) is 38.0. The molecule has 0 spiro atoms. The molecule has 0 atom stereocenters. The van der Waals surface area contributed by atoms with Crippen LogP contribution < -0.4 is 0 Å². The maximum absolute atomic E-state index is 5.14. The molecule has 3 aliphatic rings. The second-order valence-electron chi connectivity index (χ2n) is 19.6. The van der Waals surface area contributed by atoms with Crippen molar-refractivity contribution in [3.8, 4) is 98.4 Å². The highest BCUT2D eigenvalue weighted by Gasteiger charge is 2.38. The molecule has 6 nitrogen and oxygen atoms in total. The number of hydrogen-bond donors (Lipinski definition) is 0. The molecule has 4 heterocycles. The summed E-state index contributed by atoms with van der Waals surface area (Å²) in [7, 11) is 0. The van der Waals surface area contributed by atoms with E-state index in [0.717, 1.165) is 65.1 Å². The summed E-state index contributed by atoms with van der Waals surface area (Å²) in [5.41, 5.74) is 23.1. The third-order valence-electron chi connectivity index (χ3n) is 14.7. The van der Waals surface area contributed by atoms with Crippen LogP contribution in [0.1, 0.15) is 74.9 Å². The first-order valence-electron chi connectivity index (χ1n) is 22.9. The summed E-state index contributed by atoms with van der Waals surface area (Å²) in [6.07, 6.45) is 0. The molecule has 6 aromatic carbocycles. The van der Waals surface area contributed by atoms with E-state index in [9.17, 15) is 0 Å². The molecule has 0 bridgehead atoms. The highest BCUT2D eigenvalue weighted by molar-refractivity contribution is 7.18. The van der Waals surface area contributed by atoms with E-state index < -0.39 is 0 Å². The SMILES string of the molecule is CC1(C)c2ccccc2-c2ccc(-c3cccc(-c4nnc(-c5ccc6c(c5)C(C)(C)c5cc(-c7nnc(-c8cccc(-c9ccc%10c(c9)C(C)(C)c9ccccc9-%10)n8)s7)ccc5-6)s4)n3)cc21. The van der Waals surface area contributed by atoms with Crippen LogP contribution in [0.25, 0.3) is 98.4 Å². The lowest BCUT2D eigenvalue weighted by Crippen LogP contribution is -2.15. The summed E-state index contributed by atoms with van der Waals surface area (Å²) in [6, 6.07) is 56.9. The van der Waals surface area contributed by atoms with E-state index in [1.54, 1.807) is 22.7 Å². The van der Waals surface area contributed by atoms with Gasteiger partial charge in [0.1, 0.15) is 21.4 Å². The Bertz CT molecular complexity index is 3460. The van der Waals surface area contributed by atoms with E-state index in [0.29, 0.717) is 0 Å². The molecular weight excluding hydrogens is 857 g/mol. The molecule has 3 aliphatic carbocycles. The van der Waals surface area contributed by atoms with Crippen LogP contribution in [-0.2, 0) is 16.2 Å². The third-order valence-corrected chi connectivity index (χ3v) is 16.7. The predicted octanol–water partition coefficient (Wildman–Crippen LogP) is 15.1. The zero-order chi connectivity index (χ0) is 45.4. The Labute approximate surface area is 398 Å². The Morgan fingerprint density at radius 3 is 1.01 bits per heavy atom. The number of nitrogens with zero attached hydrogens (tertiary/aromatic N) is 6. The molecule has 8 heteroatoms. The topological polar surface area (TPSA) is 77.3 Å². The van der Waals surface area contributed by atoms with Gasteiger partial charge in [-0.25, -0.2) is 9.97 Å². The van der Waals surface area contributed by atoms with Crippen LogP contribution in [0.4, 0.5) is 0 Å². The minimum Gasteiger partial charge on any atom is -0.245 e. The van der Waals surface area contributed by atoms with Crippen molar-refractivity contribution in [1.29, 1.82) is 0 Å². The van der Waals surface area contributed by atoms with Crippen LogP contribution in [-0.4, -0.2) is 30.4 Å². The van der Waals surface area contributed by atoms with Crippen molar-refractivity contribution in [1.82, 2.24) is 30.4 Å². The fourth-order valence-electron chi connectivity index (χ4n) is 11.0. The number of rotatable bonds is 6. The molecule has 0 aliphatic heterocycles. The Morgan fingerprint density at radius 2 is 0.597 bits per heavy atom. The molecule has 0 unspecified atom stereocenters. The van der Waals surface area contributed by atoms with Crippen LogP contribution in [0.3, 0.4) is 0 Å². The minimum atomic E-state index is -0.249. The highest BCUT2D eigenvalue weighted by Crippen LogP contribution is 2.53. The monoisotopic (exact) mass is 900 g/mol. The van der Waals surface area contributed by atoms with Gasteiger partial charge in [0, 0.05) is 38.5 Å². The van der Waals surface area contributed by atoms with E-state index >= 15 is 0 Å². The number of hydrogen-bond acceptors (Lipinski definition) is 8. The van der Waals surface area contributed by atoms with E-state index in [2.05, 4.69) is 197 Å². The van der Waals surface area contributed by atoms with Gasteiger partial charge in [-0.2, -0.15) is 0 Å². The van der Waals surface area contributed by atoms with Crippen molar-refractivity contribution in [3.63, 3.8) is 0 Å². The van der Waals surface area contributed by atoms with Gasteiger partial charge in [0.2, 0.25) is 0 Å². The molecular formula is C59H44N6S2. The molecule has 0 saturated heterocycles. The van der Waals surface area contributed by atoms with E-state index in [4.69, 9.17) is 20.2 Å². The number of benzene rings is 6. The lowest BCUT2D eigenvalue weighted by atomic mass is 9.81. The molecule has 0 saturated carbocycles. The Balaban J connectivity index is 0.754. The minimum absolute atomic E-state index is 0.0757. The van der Waals surface area contributed by atoms with Crippen LogP contribution in [0.5, 0.6) is 0 Å². The fourth-order valence-corrected chi connectivity index (χ4v) is 12.7. The van der Waals surface area contributed by atoms with Crippen LogP contribution >= 0.6 is 22.7 Å². The summed E-state index contributed by atoms with van der Waals surface area (Å²) in [4.78, 5) is 10.3. The molecule has 13 rings (SSSR count). The molecule has 322 valence electrons. The van der Waals surface area contributed by atoms with Gasteiger partial charge in [0.05, 0.1) is 11.4 Å². The van der Waals surface area contributed by atoms with Gasteiger partial charge < -0.3 is 0 Å². The Morgan fingerprint density at radius 1 is 0.284 bits per heavy atom. The number of fused-ring (bicyclic) bond motifs is 9. The quantitative estimate of drug-likeness (QED) is 0.165. The molecule has 0 radical (unpaired) electrons. The van der Waals surface area contributed by atoms with Crippen molar-refractivity contribution in [3.05, 3.63) is 191 Å². The summed E-state index contributed by atoms with van der Waals surface area (Å²) in [5, 5.41) is 22.1. The summed E-state index contributed by atoms with van der Waals surface area (Å²) >= 11 is 3.16. The van der Waals surface area contributed by atoms with Gasteiger partial charge in [-0.3, -0.25) is 0 Å². The third kappa shape index (κ3) is 6.05. The molecule has 67 heavy (non-hydrogen) atoms. The molecule has 10 aromatic rings. The second-order valence-corrected chi connectivity index (χ2v) is 21.6. The fraction of sp³-hybridized carbons (Fsp3) is 0.153. The largest absolute Gasteiger partial charge is 0.245 e. The molecule has 0 fully saturated rings. The van der Waals surface area contributed by atoms with Gasteiger partial charge in [-0.05, 0) is 115 Å². The van der Waals surface area contributed by atoms with E-state index in [1.165, 1.54) is 66.8 Å². The van der Waals surface area contributed by atoms with Crippen LogP contribution in [0.15, 0.2) is 158 Å². The predicted molar refractivity (Wildman–Crippen MR) is 274 cm³/mol. The number of aromatic nitrogens is 6.